The van der Waals surface area contributed by atoms with Crippen molar-refractivity contribution in [3.8, 4) is 11.4 Å². The average molecular weight is 329 g/mol. The zero-order chi connectivity index (χ0) is 17.9. The van der Waals surface area contributed by atoms with Crippen LogP contribution in [-0.2, 0) is 4.74 Å². The largest absolute Gasteiger partial charge is 0.497 e. The van der Waals surface area contributed by atoms with Crippen LogP contribution >= 0.6 is 0 Å². The van der Waals surface area contributed by atoms with Gasteiger partial charge in [0.05, 0.1) is 13.7 Å². The summed E-state index contributed by atoms with van der Waals surface area (Å²) in [6.45, 7) is 4.85. The van der Waals surface area contributed by atoms with Crippen LogP contribution in [0, 0.1) is 6.92 Å². The van der Waals surface area contributed by atoms with Crippen LogP contribution in [0.25, 0.3) is 5.69 Å². The minimum absolute atomic E-state index is 0.143. The van der Waals surface area contributed by atoms with E-state index in [4.69, 9.17) is 9.47 Å². The lowest BCUT2D eigenvalue weighted by Crippen LogP contribution is -2.29. The minimum Gasteiger partial charge on any atom is -0.497 e. The van der Waals surface area contributed by atoms with Gasteiger partial charge in [-0.1, -0.05) is 0 Å². The summed E-state index contributed by atoms with van der Waals surface area (Å²) in [6, 6.07) is 8.08. The van der Waals surface area contributed by atoms with E-state index in [-0.39, 0.29) is 18.0 Å². The molecule has 0 aliphatic heterocycles. The lowest BCUT2D eigenvalue weighted by Gasteiger charge is -2.15. The minimum atomic E-state index is -0.743. The summed E-state index contributed by atoms with van der Waals surface area (Å²) in [5, 5.41) is 0. The molecule has 0 unspecified atom stereocenters. The fraction of sp³-hybridized carbons (Fsp3) is 0.278. The molecule has 0 atom stereocenters. The Bertz CT molecular complexity index is 834. The van der Waals surface area contributed by atoms with Crippen LogP contribution in [-0.4, -0.2) is 30.0 Å². The van der Waals surface area contributed by atoms with Crippen molar-refractivity contribution in [3.05, 3.63) is 57.5 Å². The van der Waals surface area contributed by atoms with E-state index < -0.39 is 11.5 Å². The highest BCUT2D eigenvalue weighted by atomic mass is 16.5. The number of carbonyl (C=O) groups is 2. The van der Waals surface area contributed by atoms with E-state index in [1.807, 2.05) is 0 Å². The van der Waals surface area contributed by atoms with Gasteiger partial charge in [0.1, 0.15) is 11.3 Å². The van der Waals surface area contributed by atoms with Gasteiger partial charge < -0.3 is 9.47 Å². The molecule has 0 fully saturated rings. The van der Waals surface area contributed by atoms with Crippen molar-refractivity contribution in [1.82, 2.24) is 4.57 Å². The standard InChI is InChI=1S/C18H19NO5/c1-5-24-18(22)16-10-15(12(3)20)11(2)19(17(16)21)13-6-8-14(23-4)9-7-13/h6-10H,5H2,1-4H3. The van der Waals surface area contributed by atoms with Crippen molar-refractivity contribution in [3.63, 3.8) is 0 Å². The van der Waals surface area contributed by atoms with Crippen molar-refractivity contribution in [2.45, 2.75) is 20.8 Å². The second-order valence-electron chi connectivity index (χ2n) is 5.17. The third kappa shape index (κ3) is 3.22. The molecule has 1 aromatic carbocycles. The highest BCUT2D eigenvalue weighted by molar-refractivity contribution is 5.98. The van der Waals surface area contributed by atoms with E-state index in [0.717, 1.165) is 0 Å². The molecule has 0 bridgehead atoms. The smallest absolute Gasteiger partial charge is 0.343 e. The molecule has 0 N–H and O–H groups in total. The van der Waals surface area contributed by atoms with Gasteiger partial charge in [-0.25, -0.2) is 4.79 Å². The maximum Gasteiger partial charge on any atom is 0.343 e. The number of esters is 1. The van der Waals surface area contributed by atoms with Crippen LogP contribution in [0.4, 0.5) is 0 Å². The van der Waals surface area contributed by atoms with Gasteiger partial charge in [-0.15, -0.1) is 0 Å². The first-order valence-electron chi connectivity index (χ1n) is 7.49. The number of hydrogen-bond acceptors (Lipinski definition) is 5. The molecule has 24 heavy (non-hydrogen) atoms. The van der Waals surface area contributed by atoms with Gasteiger partial charge in [-0.3, -0.25) is 14.2 Å². The number of hydrogen-bond donors (Lipinski definition) is 0. The maximum atomic E-state index is 12.8. The zero-order valence-corrected chi connectivity index (χ0v) is 14.1. The van der Waals surface area contributed by atoms with Crippen molar-refractivity contribution in [2.24, 2.45) is 0 Å². The molecule has 2 rings (SSSR count). The molecule has 0 amide bonds. The summed E-state index contributed by atoms with van der Waals surface area (Å²) in [6.07, 6.45) is 0. The van der Waals surface area contributed by atoms with E-state index in [2.05, 4.69) is 0 Å². The SMILES string of the molecule is CCOC(=O)c1cc(C(C)=O)c(C)n(-c2ccc(OC)cc2)c1=O. The third-order valence-corrected chi connectivity index (χ3v) is 3.65. The van der Waals surface area contributed by atoms with Crippen LogP contribution in [0.3, 0.4) is 0 Å². The molecule has 6 heteroatoms. The Morgan fingerprint density at radius 2 is 1.75 bits per heavy atom. The molecule has 6 nitrogen and oxygen atoms in total. The Labute approximate surface area is 139 Å². The van der Waals surface area contributed by atoms with Crippen molar-refractivity contribution >= 4 is 11.8 Å². The van der Waals surface area contributed by atoms with Crippen molar-refractivity contribution < 1.29 is 19.1 Å². The third-order valence-electron chi connectivity index (χ3n) is 3.65. The van der Waals surface area contributed by atoms with Crippen LogP contribution in [0.5, 0.6) is 5.75 Å². The number of ether oxygens (including phenoxy) is 2. The molecule has 2 aromatic rings. The Kier molecular flexibility index (Phi) is 5.18. The number of benzene rings is 1. The molecule has 1 aromatic heterocycles. The highest BCUT2D eigenvalue weighted by Crippen LogP contribution is 2.18. The van der Waals surface area contributed by atoms with Crippen LogP contribution in [0.15, 0.2) is 35.1 Å². The summed E-state index contributed by atoms with van der Waals surface area (Å²) in [4.78, 5) is 36.7. The lowest BCUT2D eigenvalue weighted by atomic mass is 10.1. The van der Waals surface area contributed by atoms with Gasteiger partial charge in [-0.2, -0.15) is 0 Å². The molecule has 0 aliphatic rings. The van der Waals surface area contributed by atoms with Gasteiger partial charge in [0.25, 0.3) is 5.56 Å². The average Bonchev–Trinajstić information content (AvgIpc) is 2.55. The number of nitrogens with zero attached hydrogens (tertiary/aromatic N) is 1. The Hall–Kier alpha value is -2.89. The normalized spacial score (nSPS) is 10.3. The molecule has 1 heterocycles. The number of Topliss-reactive ketones (excluding diaryl/α,β-unsaturated/α-hetero) is 1. The first-order valence-corrected chi connectivity index (χ1v) is 7.49. The van der Waals surface area contributed by atoms with Crippen molar-refractivity contribution in [1.29, 1.82) is 0 Å². The fourth-order valence-electron chi connectivity index (χ4n) is 2.46. The van der Waals surface area contributed by atoms with E-state index in [9.17, 15) is 14.4 Å². The number of pyridine rings is 1. The summed E-state index contributed by atoms with van der Waals surface area (Å²) < 4.78 is 11.4. The van der Waals surface area contributed by atoms with Crippen molar-refractivity contribution in [2.75, 3.05) is 13.7 Å². The van der Waals surface area contributed by atoms with Crippen LogP contribution in [0.1, 0.15) is 40.3 Å². The van der Waals surface area contributed by atoms with E-state index in [0.29, 0.717) is 22.7 Å². The quantitative estimate of drug-likeness (QED) is 0.622. The van der Waals surface area contributed by atoms with Crippen LogP contribution < -0.4 is 10.3 Å². The van der Waals surface area contributed by atoms with E-state index >= 15 is 0 Å². The number of methoxy groups -OCH3 is 1. The topological polar surface area (TPSA) is 74.6 Å². The Morgan fingerprint density at radius 1 is 1.12 bits per heavy atom. The maximum absolute atomic E-state index is 12.8. The number of aromatic nitrogens is 1. The summed E-state index contributed by atoms with van der Waals surface area (Å²) in [5.41, 5.74) is 0.607. The highest BCUT2D eigenvalue weighted by Gasteiger charge is 2.21. The van der Waals surface area contributed by atoms with Gasteiger partial charge in [-0.05, 0) is 51.1 Å². The van der Waals surface area contributed by atoms with Crippen LogP contribution in [0.2, 0.25) is 0 Å². The van der Waals surface area contributed by atoms with E-state index in [1.165, 1.54) is 17.6 Å². The molecule has 0 radical (unpaired) electrons. The zero-order valence-electron chi connectivity index (χ0n) is 14.1. The number of rotatable bonds is 5. The molecule has 126 valence electrons. The lowest BCUT2D eigenvalue weighted by molar-refractivity contribution is 0.0524. The second-order valence-corrected chi connectivity index (χ2v) is 5.17. The number of ketones is 1. The molecular formula is C18H19NO5. The molecule has 0 aliphatic carbocycles. The van der Waals surface area contributed by atoms with Gasteiger partial charge in [0, 0.05) is 16.9 Å². The predicted octanol–water partition coefficient (Wildman–Crippen LogP) is 2.53. The molecule has 0 spiro atoms. The van der Waals surface area contributed by atoms with Gasteiger partial charge in [0.15, 0.2) is 5.78 Å². The Morgan fingerprint density at radius 3 is 2.25 bits per heavy atom. The summed E-state index contributed by atoms with van der Waals surface area (Å²) >= 11 is 0. The molecule has 0 saturated carbocycles. The second kappa shape index (κ2) is 7.12. The Balaban J connectivity index is 2.74. The number of carbonyl (C=O) groups excluding carboxylic acids is 2. The predicted molar refractivity (Wildman–Crippen MR) is 89.3 cm³/mol. The first-order chi connectivity index (χ1) is 11.4. The summed E-state index contributed by atoms with van der Waals surface area (Å²) in [5.74, 6) is -0.342. The van der Waals surface area contributed by atoms with E-state index in [1.54, 1.807) is 45.2 Å². The van der Waals surface area contributed by atoms with Gasteiger partial charge >= 0.3 is 5.97 Å². The summed E-state index contributed by atoms with van der Waals surface area (Å²) in [7, 11) is 1.54. The molecule has 0 saturated heterocycles. The monoisotopic (exact) mass is 329 g/mol. The fourth-order valence-corrected chi connectivity index (χ4v) is 2.46. The first kappa shape index (κ1) is 17.5. The van der Waals surface area contributed by atoms with Gasteiger partial charge in [0.2, 0.25) is 0 Å². The molecular weight excluding hydrogens is 310 g/mol.